The summed E-state index contributed by atoms with van der Waals surface area (Å²) in [5, 5.41) is 3.69. The molecule has 2 rings (SSSR count). The van der Waals surface area contributed by atoms with E-state index in [0.717, 1.165) is 17.7 Å². The van der Waals surface area contributed by atoms with Crippen LogP contribution in [0.1, 0.15) is 37.3 Å². The van der Waals surface area contributed by atoms with Crippen molar-refractivity contribution in [2.75, 3.05) is 12.3 Å². The van der Waals surface area contributed by atoms with E-state index in [-0.39, 0.29) is 5.91 Å². The maximum absolute atomic E-state index is 11.9. The lowest BCUT2D eigenvalue weighted by molar-refractivity contribution is -0.118. The van der Waals surface area contributed by atoms with Gasteiger partial charge >= 0.3 is 0 Å². The molecule has 128 valence electrons. The SMILES string of the molecule is CC(C)c1ccc(CCCNC(=O)CSc2ccc(Cl)cc2)cc1. The van der Waals surface area contributed by atoms with E-state index in [1.54, 1.807) is 0 Å². The second-order valence-corrected chi connectivity index (χ2v) is 7.58. The maximum Gasteiger partial charge on any atom is 0.230 e. The molecule has 0 radical (unpaired) electrons. The van der Waals surface area contributed by atoms with Gasteiger partial charge in [0.05, 0.1) is 5.75 Å². The lowest BCUT2D eigenvalue weighted by Crippen LogP contribution is -2.26. The predicted octanol–water partition coefficient (Wildman–Crippen LogP) is 5.30. The van der Waals surface area contributed by atoms with Gasteiger partial charge in [-0.3, -0.25) is 4.79 Å². The average molecular weight is 362 g/mol. The van der Waals surface area contributed by atoms with Gasteiger partial charge in [-0.05, 0) is 54.2 Å². The molecule has 0 aliphatic heterocycles. The van der Waals surface area contributed by atoms with E-state index >= 15 is 0 Å². The van der Waals surface area contributed by atoms with Gasteiger partial charge in [-0.2, -0.15) is 0 Å². The topological polar surface area (TPSA) is 29.1 Å². The zero-order chi connectivity index (χ0) is 17.4. The molecule has 1 amide bonds. The number of thioether (sulfide) groups is 1. The van der Waals surface area contributed by atoms with Crippen molar-refractivity contribution in [3.05, 3.63) is 64.7 Å². The molecule has 24 heavy (non-hydrogen) atoms. The van der Waals surface area contributed by atoms with Crippen LogP contribution in [0.3, 0.4) is 0 Å². The molecule has 0 atom stereocenters. The van der Waals surface area contributed by atoms with Crippen molar-refractivity contribution >= 4 is 29.3 Å². The minimum Gasteiger partial charge on any atom is -0.355 e. The van der Waals surface area contributed by atoms with Gasteiger partial charge in [0.25, 0.3) is 0 Å². The number of benzene rings is 2. The molecule has 0 spiro atoms. The standard InChI is InChI=1S/C20H24ClNOS/c1-15(2)17-7-5-16(6-8-17)4-3-13-22-20(23)14-24-19-11-9-18(21)10-12-19/h5-12,15H,3-4,13-14H2,1-2H3,(H,22,23). The molecule has 0 aliphatic rings. The normalized spacial score (nSPS) is 10.8. The first-order valence-corrected chi connectivity index (χ1v) is 9.65. The fraction of sp³-hybridized carbons (Fsp3) is 0.350. The van der Waals surface area contributed by atoms with E-state index in [2.05, 4.69) is 43.4 Å². The van der Waals surface area contributed by atoms with E-state index in [1.165, 1.54) is 22.9 Å². The highest BCUT2D eigenvalue weighted by Gasteiger charge is 2.03. The fourth-order valence-corrected chi connectivity index (χ4v) is 3.17. The van der Waals surface area contributed by atoms with E-state index in [1.807, 2.05) is 24.3 Å². The van der Waals surface area contributed by atoms with Crippen molar-refractivity contribution in [3.63, 3.8) is 0 Å². The Morgan fingerprint density at radius 1 is 1.08 bits per heavy atom. The van der Waals surface area contributed by atoms with Crippen LogP contribution in [0.25, 0.3) is 0 Å². The van der Waals surface area contributed by atoms with Gasteiger partial charge in [0.2, 0.25) is 5.91 Å². The summed E-state index contributed by atoms with van der Waals surface area (Å²) >= 11 is 7.37. The first-order chi connectivity index (χ1) is 11.5. The third kappa shape index (κ3) is 6.58. The minimum atomic E-state index is 0.0742. The molecule has 0 aromatic heterocycles. The van der Waals surface area contributed by atoms with Crippen molar-refractivity contribution in [1.82, 2.24) is 5.32 Å². The first kappa shape index (κ1) is 18.9. The van der Waals surface area contributed by atoms with Gasteiger partial charge in [-0.25, -0.2) is 0 Å². The molecule has 0 fully saturated rings. The summed E-state index contributed by atoms with van der Waals surface area (Å²) in [6.45, 7) is 5.12. The van der Waals surface area contributed by atoms with Gasteiger partial charge in [-0.1, -0.05) is 49.7 Å². The maximum atomic E-state index is 11.9. The quantitative estimate of drug-likeness (QED) is 0.510. The molecule has 2 aromatic carbocycles. The molecular formula is C20H24ClNOS. The van der Waals surface area contributed by atoms with Crippen LogP contribution in [-0.2, 0) is 11.2 Å². The number of carbonyl (C=O) groups is 1. The zero-order valence-electron chi connectivity index (χ0n) is 14.2. The largest absolute Gasteiger partial charge is 0.355 e. The Hall–Kier alpha value is -1.45. The molecule has 4 heteroatoms. The smallest absolute Gasteiger partial charge is 0.230 e. The Kier molecular flexibility index (Phi) is 7.67. The monoisotopic (exact) mass is 361 g/mol. The molecule has 0 saturated heterocycles. The fourth-order valence-electron chi connectivity index (χ4n) is 2.32. The highest BCUT2D eigenvalue weighted by molar-refractivity contribution is 8.00. The molecular weight excluding hydrogens is 338 g/mol. The lowest BCUT2D eigenvalue weighted by atomic mass is 10.0. The number of nitrogens with one attached hydrogen (secondary N) is 1. The minimum absolute atomic E-state index is 0.0742. The van der Waals surface area contributed by atoms with Crippen LogP contribution >= 0.6 is 23.4 Å². The number of rotatable bonds is 8. The van der Waals surface area contributed by atoms with Crippen molar-refractivity contribution in [2.24, 2.45) is 0 Å². The predicted molar refractivity (Wildman–Crippen MR) is 104 cm³/mol. The third-order valence-corrected chi connectivity index (χ3v) is 5.06. The molecule has 0 saturated carbocycles. The summed E-state index contributed by atoms with van der Waals surface area (Å²) in [6, 6.07) is 16.3. The van der Waals surface area contributed by atoms with Crippen LogP contribution in [0.5, 0.6) is 0 Å². The number of aryl methyl sites for hydroxylation is 1. The number of carbonyl (C=O) groups excluding carboxylic acids is 1. The van der Waals surface area contributed by atoms with E-state index in [0.29, 0.717) is 23.2 Å². The van der Waals surface area contributed by atoms with Gasteiger partial charge < -0.3 is 5.32 Å². The van der Waals surface area contributed by atoms with Crippen LogP contribution in [0.15, 0.2) is 53.4 Å². The zero-order valence-corrected chi connectivity index (χ0v) is 15.8. The van der Waals surface area contributed by atoms with Crippen molar-refractivity contribution in [1.29, 1.82) is 0 Å². The summed E-state index contributed by atoms with van der Waals surface area (Å²) in [5.74, 6) is 1.08. The second-order valence-electron chi connectivity index (χ2n) is 6.09. The molecule has 0 bridgehead atoms. The Labute approximate surface area is 154 Å². The summed E-state index contributed by atoms with van der Waals surface area (Å²) in [5.41, 5.74) is 2.69. The number of halogens is 1. The van der Waals surface area contributed by atoms with Crippen molar-refractivity contribution < 1.29 is 4.79 Å². The van der Waals surface area contributed by atoms with Crippen LogP contribution in [-0.4, -0.2) is 18.2 Å². The summed E-state index contributed by atoms with van der Waals surface area (Å²) < 4.78 is 0. The molecule has 0 heterocycles. The number of amides is 1. The molecule has 0 unspecified atom stereocenters. The molecule has 1 N–H and O–H groups in total. The third-order valence-electron chi connectivity index (χ3n) is 3.79. The highest BCUT2D eigenvalue weighted by Crippen LogP contribution is 2.20. The van der Waals surface area contributed by atoms with Crippen molar-refractivity contribution in [3.8, 4) is 0 Å². The van der Waals surface area contributed by atoms with E-state index < -0.39 is 0 Å². The lowest BCUT2D eigenvalue weighted by Gasteiger charge is -2.08. The molecule has 2 aromatic rings. The van der Waals surface area contributed by atoms with Crippen molar-refractivity contribution in [2.45, 2.75) is 37.5 Å². The Bertz CT molecular complexity index is 638. The average Bonchev–Trinajstić information content (AvgIpc) is 2.58. The summed E-state index contributed by atoms with van der Waals surface area (Å²) in [6.07, 6.45) is 1.95. The molecule has 2 nitrogen and oxygen atoms in total. The van der Waals surface area contributed by atoms with Gasteiger partial charge in [0, 0.05) is 16.5 Å². The molecule has 0 aliphatic carbocycles. The Morgan fingerprint density at radius 3 is 2.38 bits per heavy atom. The number of hydrogen-bond donors (Lipinski definition) is 1. The highest BCUT2D eigenvalue weighted by atomic mass is 35.5. The summed E-state index contributed by atoms with van der Waals surface area (Å²) in [7, 11) is 0. The first-order valence-electron chi connectivity index (χ1n) is 8.28. The van der Waals surface area contributed by atoms with Gasteiger partial charge in [0.15, 0.2) is 0 Å². The second kappa shape index (κ2) is 9.75. The number of hydrogen-bond acceptors (Lipinski definition) is 2. The van der Waals surface area contributed by atoms with Gasteiger partial charge in [-0.15, -0.1) is 11.8 Å². The van der Waals surface area contributed by atoms with Gasteiger partial charge in [0.1, 0.15) is 0 Å². The van der Waals surface area contributed by atoms with Crippen LogP contribution < -0.4 is 5.32 Å². The van der Waals surface area contributed by atoms with Crippen LogP contribution in [0.4, 0.5) is 0 Å². The Balaban J connectivity index is 1.63. The Morgan fingerprint density at radius 2 is 1.75 bits per heavy atom. The summed E-state index contributed by atoms with van der Waals surface area (Å²) in [4.78, 5) is 12.9. The van der Waals surface area contributed by atoms with E-state index in [9.17, 15) is 4.79 Å². The van der Waals surface area contributed by atoms with Crippen LogP contribution in [0.2, 0.25) is 5.02 Å². The van der Waals surface area contributed by atoms with Crippen LogP contribution in [0, 0.1) is 0 Å². The van der Waals surface area contributed by atoms with E-state index in [4.69, 9.17) is 11.6 Å².